The van der Waals surface area contributed by atoms with E-state index in [1.165, 1.54) is 22.5 Å². The highest BCUT2D eigenvalue weighted by Gasteiger charge is 2.29. The lowest BCUT2D eigenvalue weighted by Gasteiger charge is -2.17. The van der Waals surface area contributed by atoms with Crippen molar-refractivity contribution in [2.24, 2.45) is 0 Å². The molecule has 0 saturated heterocycles. The van der Waals surface area contributed by atoms with E-state index in [0.29, 0.717) is 36.1 Å². The Labute approximate surface area is 145 Å². The summed E-state index contributed by atoms with van der Waals surface area (Å²) >= 11 is 1.46. The van der Waals surface area contributed by atoms with Crippen LogP contribution in [0, 0.1) is 19.3 Å². The van der Waals surface area contributed by atoms with Crippen LogP contribution in [0.15, 0.2) is 29.3 Å². The molecule has 1 aliphatic heterocycles. The Kier molecular flexibility index (Phi) is 4.69. The molecule has 2 N–H and O–H groups in total. The van der Waals surface area contributed by atoms with Crippen molar-refractivity contribution in [3.05, 3.63) is 45.5 Å². The van der Waals surface area contributed by atoms with Crippen LogP contribution in [0.25, 0.3) is 16.8 Å². The second kappa shape index (κ2) is 6.75. The van der Waals surface area contributed by atoms with Gasteiger partial charge in [-0.1, -0.05) is 12.1 Å². The number of aliphatic hydroxyl groups excluding tert-OH is 1. The predicted molar refractivity (Wildman–Crippen MR) is 97.7 cm³/mol. The summed E-state index contributed by atoms with van der Waals surface area (Å²) in [5, 5.41) is 21.2. The second-order valence-electron chi connectivity index (χ2n) is 5.92. The van der Waals surface area contributed by atoms with E-state index in [1.54, 1.807) is 12.0 Å². The lowest BCUT2D eigenvalue weighted by atomic mass is 10.1. The predicted octanol–water partition coefficient (Wildman–Crippen LogP) is 3.64. The van der Waals surface area contributed by atoms with E-state index < -0.39 is 0 Å². The highest BCUT2D eigenvalue weighted by atomic mass is 32.1. The zero-order valence-corrected chi connectivity index (χ0v) is 14.9. The molecule has 1 aromatic carbocycles. The minimum absolute atomic E-state index is 0.206. The minimum Gasteiger partial charge on any atom is -0.510 e. The van der Waals surface area contributed by atoms with Gasteiger partial charge in [-0.05, 0) is 31.0 Å². The van der Waals surface area contributed by atoms with E-state index in [9.17, 15) is 5.11 Å². The van der Waals surface area contributed by atoms with Crippen LogP contribution in [-0.4, -0.2) is 47.6 Å². The monoisotopic (exact) mass is 343 g/mol. The molecule has 2 heterocycles. The fourth-order valence-corrected chi connectivity index (χ4v) is 3.57. The second-order valence-corrected chi connectivity index (χ2v) is 6.78. The third-order valence-electron chi connectivity index (χ3n) is 4.27. The molecule has 0 saturated carbocycles. The molecule has 0 amide bonds. The Morgan fingerprint density at radius 3 is 2.83 bits per heavy atom. The molecule has 0 fully saturated rings. The molecule has 5 nitrogen and oxygen atoms in total. The van der Waals surface area contributed by atoms with Gasteiger partial charge in [0.05, 0.1) is 24.4 Å². The summed E-state index contributed by atoms with van der Waals surface area (Å²) in [6.45, 7) is 5.62. The molecule has 126 valence electrons. The van der Waals surface area contributed by atoms with Crippen molar-refractivity contribution >= 4 is 22.7 Å². The van der Waals surface area contributed by atoms with Gasteiger partial charge in [0.15, 0.2) is 0 Å². The number of benzene rings is 1. The topological polar surface area (TPSA) is 69.4 Å². The van der Waals surface area contributed by atoms with Crippen molar-refractivity contribution in [2.75, 3.05) is 26.8 Å². The number of amidine groups is 1. The fraction of sp³-hybridized carbons (Fsp3) is 0.333. The first-order valence-electron chi connectivity index (χ1n) is 7.79. The van der Waals surface area contributed by atoms with Crippen LogP contribution >= 0.6 is 11.3 Å². The van der Waals surface area contributed by atoms with Gasteiger partial charge >= 0.3 is 0 Å². The third kappa shape index (κ3) is 3.07. The van der Waals surface area contributed by atoms with Crippen LogP contribution in [0.2, 0.25) is 0 Å². The molecule has 1 aromatic heterocycles. The number of thiazole rings is 1. The summed E-state index contributed by atoms with van der Waals surface area (Å²) in [5.74, 6) is 0.516. The summed E-state index contributed by atoms with van der Waals surface area (Å²) in [4.78, 5) is 6.45. The van der Waals surface area contributed by atoms with Gasteiger partial charge in [-0.15, -0.1) is 11.3 Å². The quantitative estimate of drug-likeness (QED) is 0.870. The van der Waals surface area contributed by atoms with Crippen molar-refractivity contribution in [3.8, 4) is 11.3 Å². The van der Waals surface area contributed by atoms with Crippen LogP contribution in [0.5, 0.6) is 0 Å². The molecule has 24 heavy (non-hydrogen) atoms. The van der Waals surface area contributed by atoms with Gasteiger partial charge in [0.2, 0.25) is 0 Å². The number of nitrogens with one attached hydrogen (secondary N) is 1. The maximum absolute atomic E-state index is 10.3. The van der Waals surface area contributed by atoms with Gasteiger partial charge < -0.3 is 14.7 Å². The van der Waals surface area contributed by atoms with Crippen LogP contribution in [0.3, 0.4) is 0 Å². The Morgan fingerprint density at radius 2 is 2.12 bits per heavy atom. The van der Waals surface area contributed by atoms with E-state index in [1.807, 2.05) is 5.38 Å². The van der Waals surface area contributed by atoms with Crippen LogP contribution < -0.4 is 0 Å². The van der Waals surface area contributed by atoms with Crippen molar-refractivity contribution in [3.63, 3.8) is 0 Å². The van der Waals surface area contributed by atoms with Crippen molar-refractivity contribution in [1.82, 2.24) is 9.88 Å². The molecular weight excluding hydrogens is 322 g/mol. The number of methoxy groups -OCH3 is 1. The SMILES string of the molecule is COCCN1CC(O)=C(c2nc(-c3ccc(C)c(C)c3)cs2)C1=N. The van der Waals surface area contributed by atoms with Gasteiger partial charge in [0.25, 0.3) is 0 Å². The standard InChI is InChI=1S/C18H21N3O2S/c1-11-4-5-13(8-12(11)2)14-10-24-18(20-14)16-15(22)9-21(17(16)19)6-7-23-3/h4-5,8,10,19,22H,6-7,9H2,1-3H3. The smallest absolute Gasteiger partial charge is 0.135 e. The van der Waals surface area contributed by atoms with Crippen LogP contribution in [-0.2, 0) is 4.74 Å². The largest absolute Gasteiger partial charge is 0.510 e. The number of ether oxygens (including phenoxy) is 1. The first-order valence-corrected chi connectivity index (χ1v) is 8.67. The van der Waals surface area contributed by atoms with E-state index in [4.69, 9.17) is 10.1 Å². The molecule has 0 atom stereocenters. The summed E-state index contributed by atoms with van der Waals surface area (Å²) in [7, 11) is 1.63. The number of rotatable bonds is 5. The summed E-state index contributed by atoms with van der Waals surface area (Å²) in [6.07, 6.45) is 0. The molecular formula is C18H21N3O2S. The molecule has 1 aliphatic rings. The summed E-state index contributed by atoms with van der Waals surface area (Å²) < 4.78 is 5.06. The molecule has 0 aliphatic carbocycles. The Morgan fingerprint density at radius 1 is 1.33 bits per heavy atom. The molecule has 0 bridgehead atoms. The van der Waals surface area contributed by atoms with E-state index in [-0.39, 0.29) is 5.76 Å². The highest BCUT2D eigenvalue weighted by Crippen LogP contribution is 2.32. The van der Waals surface area contributed by atoms with Gasteiger partial charge in [0.1, 0.15) is 16.6 Å². The molecule has 0 spiro atoms. The molecule has 3 rings (SSSR count). The number of hydrogen-bond donors (Lipinski definition) is 2. The van der Waals surface area contributed by atoms with Gasteiger partial charge in [-0.3, -0.25) is 5.41 Å². The lowest BCUT2D eigenvalue weighted by molar-refractivity contribution is 0.177. The fourth-order valence-electron chi connectivity index (χ4n) is 2.67. The molecule has 0 unspecified atom stereocenters. The van der Waals surface area contributed by atoms with E-state index in [2.05, 4.69) is 37.0 Å². The number of aryl methyl sites for hydroxylation is 2. The maximum atomic E-state index is 10.3. The normalized spacial score (nSPS) is 14.8. The first kappa shape index (κ1) is 16.7. The summed E-state index contributed by atoms with van der Waals surface area (Å²) in [5.41, 5.74) is 4.94. The Bertz CT molecular complexity index is 810. The van der Waals surface area contributed by atoms with Crippen molar-refractivity contribution in [1.29, 1.82) is 5.41 Å². The van der Waals surface area contributed by atoms with Gasteiger partial charge in [0, 0.05) is 24.6 Å². The number of aromatic nitrogens is 1. The summed E-state index contributed by atoms with van der Waals surface area (Å²) in [6, 6.07) is 6.26. The Hall–Kier alpha value is -2.18. The average Bonchev–Trinajstić information content (AvgIpc) is 3.13. The van der Waals surface area contributed by atoms with Gasteiger partial charge in [-0.25, -0.2) is 4.98 Å². The van der Waals surface area contributed by atoms with Crippen LogP contribution in [0.4, 0.5) is 0 Å². The maximum Gasteiger partial charge on any atom is 0.135 e. The number of hydrogen-bond acceptors (Lipinski definition) is 5. The third-order valence-corrected chi connectivity index (χ3v) is 5.13. The highest BCUT2D eigenvalue weighted by molar-refractivity contribution is 7.11. The van der Waals surface area contributed by atoms with E-state index >= 15 is 0 Å². The molecule has 0 radical (unpaired) electrons. The average molecular weight is 343 g/mol. The Balaban J connectivity index is 1.86. The van der Waals surface area contributed by atoms with Crippen molar-refractivity contribution < 1.29 is 9.84 Å². The zero-order chi connectivity index (χ0) is 17.3. The number of nitrogens with zero attached hydrogens (tertiary/aromatic N) is 2. The minimum atomic E-state index is 0.206. The molecule has 2 aromatic rings. The lowest BCUT2D eigenvalue weighted by Crippen LogP contribution is -2.29. The zero-order valence-electron chi connectivity index (χ0n) is 14.1. The van der Waals surface area contributed by atoms with Crippen molar-refractivity contribution in [2.45, 2.75) is 13.8 Å². The van der Waals surface area contributed by atoms with Gasteiger partial charge in [-0.2, -0.15) is 0 Å². The number of aliphatic hydroxyl groups is 1. The first-order chi connectivity index (χ1) is 11.5. The van der Waals surface area contributed by atoms with E-state index in [0.717, 1.165) is 11.3 Å². The van der Waals surface area contributed by atoms with Crippen LogP contribution in [0.1, 0.15) is 16.1 Å². The molecule has 6 heteroatoms.